The van der Waals surface area contributed by atoms with E-state index in [4.69, 9.17) is 5.26 Å². The maximum atomic E-state index is 12.5. The molecule has 0 bridgehead atoms. The summed E-state index contributed by atoms with van der Waals surface area (Å²) in [7, 11) is 0. The number of nitrogens with zero attached hydrogens (tertiary/aromatic N) is 4. The Labute approximate surface area is 139 Å². The normalized spacial score (nSPS) is 16.7. The fraction of sp³-hybridized carbons (Fsp3) is 0.500. The molecule has 2 heterocycles. The molecule has 0 radical (unpaired) electrons. The number of hydrogen-bond donors (Lipinski definition) is 1. The first kappa shape index (κ1) is 15.7. The van der Waals surface area contributed by atoms with Crippen LogP contribution in [-0.2, 0) is 6.54 Å². The molecule has 120 valence electrons. The summed E-state index contributed by atoms with van der Waals surface area (Å²) in [5, 5.41) is 23.8. The van der Waals surface area contributed by atoms with Gasteiger partial charge in [-0.05, 0) is 30.2 Å². The highest BCUT2D eigenvalue weighted by atomic mass is 32.1. The van der Waals surface area contributed by atoms with E-state index in [0.29, 0.717) is 11.5 Å². The molecule has 1 atom stereocenters. The Kier molecular flexibility index (Phi) is 5.03. The Hall–Kier alpha value is -2.20. The lowest BCUT2D eigenvalue weighted by molar-refractivity contribution is 0.0911. The van der Waals surface area contributed by atoms with Gasteiger partial charge in [0.25, 0.3) is 5.91 Å². The Balaban J connectivity index is 1.80. The minimum Gasteiger partial charge on any atom is -0.343 e. The van der Waals surface area contributed by atoms with Crippen LogP contribution in [0.3, 0.4) is 0 Å². The third-order valence-electron chi connectivity index (χ3n) is 4.30. The lowest BCUT2D eigenvalue weighted by Gasteiger charge is -2.29. The van der Waals surface area contributed by atoms with Crippen LogP contribution in [-0.4, -0.2) is 20.9 Å². The van der Waals surface area contributed by atoms with Gasteiger partial charge in [0.05, 0.1) is 23.9 Å². The molecule has 1 aliphatic carbocycles. The van der Waals surface area contributed by atoms with Gasteiger partial charge >= 0.3 is 0 Å². The summed E-state index contributed by atoms with van der Waals surface area (Å²) in [6, 6.07) is 3.73. The average molecular weight is 329 g/mol. The number of nitrogens with one attached hydrogen (secondary N) is 1. The highest BCUT2D eigenvalue weighted by molar-refractivity contribution is 7.08. The SMILES string of the molecule is N#CCn1cc([C@@H](NC(=O)c2ccsc2)C2CCCCC2)nn1. The molecule has 1 saturated carbocycles. The molecule has 1 aliphatic rings. The second-order valence-electron chi connectivity index (χ2n) is 5.86. The first-order valence-corrected chi connectivity index (χ1v) is 8.82. The van der Waals surface area contributed by atoms with E-state index in [-0.39, 0.29) is 18.5 Å². The second kappa shape index (κ2) is 7.38. The molecule has 2 aromatic rings. The first-order chi connectivity index (χ1) is 11.3. The highest BCUT2D eigenvalue weighted by Crippen LogP contribution is 2.34. The number of rotatable bonds is 5. The molecule has 0 unspecified atom stereocenters. The third kappa shape index (κ3) is 3.77. The Bertz CT molecular complexity index is 682. The van der Waals surface area contributed by atoms with Crippen molar-refractivity contribution < 1.29 is 4.79 Å². The predicted molar refractivity (Wildman–Crippen MR) is 86.7 cm³/mol. The van der Waals surface area contributed by atoms with E-state index < -0.39 is 0 Å². The molecule has 0 aliphatic heterocycles. The van der Waals surface area contributed by atoms with Gasteiger partial charge in [0.2, 0.25) is 0 Å². The topological polar surface area (TPSA) is 83.6 Å². The van der Waals surface area contributed by atoms with Crippen LogP contribution in [0.5, 0.6) is 0 Å². The maximum Gasteiger partial charge on any atom is 0.252 e. The highest BCUT2D eigenvalue weighted by Gasteiger charge is 2.29. The molecule has 2 aromatic heterocycles. The van der Waals surface area contributed by atoms with Crippen molar-refractivity contribution in [2.45, 2.75) is 44.7 Å². The van der Waals surface area contributed by atoms with Crippen molar-refractivity contribution >= 4 is 17.2 Å². The third-order valence-corrected chi connectivity index (χ3v) is 4.98. The molecule has 6 nitrogen and oxygen atoms in total. The summed E-state index contributed by atoms with van der Waals surface area (Å²) in [6.45, 7) is 0.170. The van der Waals surface area contributed by atoms with Gasteiger partial charge < -0.3 is 5.32 Å². The molecule has 0 spiro atoms. The van der Waals surface area contributed by atoms with Gasteiger partial charge in [-0.1, -0.05) is 24.5 Å². The summed E-state index contributed by atoms with van der Waals surface area (Å²) in [5.41, 5.74) is 1.43. The lowest BCUT2D eigenvalue weighted by Crippen LogP contribution is -2.34. The summed E-state index contributed by atoms with van der Waals surface area (Å²) >= 11 is 1.51. The van der Waals surface area contributed by atoms with Gasteiger partial charge in [-0.2, -0.15) is 16.6 Å². The fourth-order valence-corrected chi connectivity index (χ4v) is 3.76. The van der Waals surface area contributed by atoms with Crippen LogP contribution >= 0.6 is 11.3 Å². The largest absolute Gasteiger partial charge is 0.343 e. The smallest absolute Gasteiger partial charge is 0.252 e. The van der Waals surface area contributed by atoms with Gasteiger partial charge in [-0.15, -0.1) is 5.10 Å². The average Bonchev–Trinajstić information content (AvgIpc) is 3.25. The van der Waals surface area contributed by atoms with Crippen LogP contribution in [0, 0.1) is 17.2 Å². The minimum atomic E-state index is -0.143. The van der Waals surface area contributed by atoms with Crippen LogP contribution in [0.15, 0.2) is 23.0 Å². The van der Waals surface area contributed by atoms with Crippen molar-refractivity contribution in [2.24, 2.45) is 5.92 Å². The van der Waals surface area contributed by atoms with E-state index in [1.165, 1.54) is 35.3 Å². The fourth-order valence-electron chi connectivity index (χ4n) is 3.12. The molecule has 1 fully saturated rings. The maximum absolute atomic E-state index is 12.5. The lowest BCUT2D eigenvalue weighted by atomic mass is 9.82. The molecule has 3 rings (SSSR count). The summed E-state index contributed by atoms with van der Waals surface area (Å²) in [5.74, 6) is 0.301. The number of aromatic nitrogens is 3. The first-order valence-electron chi connectivity index (χ1n) is 7.88. The number of thiophene rings is 1. The number of hydrogen-bond acceptors (Lipinski definition) is 5. The molecule has 1 N–H and O–H groups in total. The Morgan fingerprint density at radius 3 is 3.00 bits per heavy atom. The van der Waals surface area contributed by atoms with E-state index >= 15 is 0 Å². The molecular weight excluding hydrogens is 310 g/mol. The zero-order valence-electron chi connectivity index (χ0n) is 12.8. The van der Waals surface area contributed by atoms with Crippen molar-refractivity contribution in [1.82, 2.24) is 20.3 Å². The molecule has 0 saturated heterocycles. The van der Waals surface area contributed by atoms with Crippen LogP contribution in [0.2, 0.25) is 0 Å². The van der Waals surface area contributed by atoms with E-state index in [1.807, 2.05) is 16.8 Å². The molecule has 23 heavy (non-hydrogen) atoms. The predicted octanol–water partition coefficient (Wildman–Crippen LogP) is 2.91. The number of carbonyl (C=O) groups is 1. The quantitative estimate of drug-likeness (QED) is 0.914. The van der Waals surface area contributed by atoms with Gasteiger partial charge in [0.15, 0.2) is 0 Å². The molecule has 7 heteroatoms. The summed E-state index contributed by atoms with van der Waals surface area (Å²) < 4.78 is 1.52. The van der Waals surface area contributed by atoms with E-state index in [0.717, 1.165) is 18.5 Å². The van der Waals surface area contributed by atoms with Gasteiger partial charge in [0.1, 0.15) is 12.2 Å². The van der Waals surface area contributed by atoms with Crippen molar-refractivity contribution in [3.8, 4) is 6.07 Å². The zero-order chi connectivity index (χ0) is 16.1. The van der Waals surface area contributed by atoms with Crippen LogP contribution < -0.4 is 5.32 Å². The van der Waals surface area contributed by atoms with Gasteiger partial charge in [-0.3, -0.25) is 4.79 Å². The van der Waals surface area contributed by atoms with Crippen LogP contribution in [0.1, 0.15) is 54.2 Å². The number of nitriles is 1. The zero-order valence-corrected chi connectivity index (χ0v) is 13.6. The molecule has 0 aromatic carbocycles. The van der Waals surface area contributed by atoms with Gasteiger partial charge in [-0.25, -0.2) is 4.68 Å². The van der Waals surface area contributed by atoms with E-state index in [2.05, 4.69) is 21.7 Å². The Morgan fingerprint density at radius 2 is 2.30 bits per heavy atom. The van der Waals surface area contributed by atoms with Crippen LogP contribution in [0.25, 0.3) is 0 Å². The van der Waals surface area contributed by atoms with Crippen LogP contribution in [0.4, 0.5) is 0 Å². The van der Waals surface area contributed by atoms with E-state index in [9.17, 15) is 4.79 Å². The second-order valence-corrected chi connectivity index (χ2v) is 6.64. The standard InChI is InChI=1S/C16H19N5OS/c17-7-8-21-10-14(19-20-21)15(12-4-2-1-3-5-12)18-16(22)13-6-9-23-11-13/h6,9-12,15H,1-5,8H2,(H,18,22)/t15-/m0/s1. The Morgan fingerprint density at radius 1 is 1.48 bits per heavy atom. The number of carbonyl (C=O) groups excluding carboxylic acids is 1. The molecular formula is C16H19N5OS. The van der Waals surface area contributed by atoms with Crippen molar-refractivity contribution in [2.75, 3.05) is 0 Å². The van der Waals surface area contributed by atoms with Crippen molar-refractivity contribution in [3.63, 3.8) is 0 Å². The monoisotopic (exact) mass is 329 g/mol. The summed E-state index contributed by atoms with van der Waals surface area (Å²) in [6.07, 6.45) is 7.56. The van der Waals surface area contributed by atoms with Crippen molar-refractivity contribution in [3.05, 3.63) is 34.3 Å². The van der Waals surface area contributed by atoms with Gasteiger partial charge in [0, 0.05) is 5.38 Å². The van der Waals surface area contributed by atoms with Crippen molar-refractivity contribution in [1.29, 1.82) is 5.26 Å². The minimum absolute atomic E-state index is 0.0725. The number of amides is 1. The molecule has 1 amide bonds. The summed E-state index contributed by atoms with van der Waals surface area (Å²) in [4.78, 5) is 12.5. The van der Waals surface area contributed by atoms with E-state index in [1.54, 1.807) is 6.20 Å².